The Morgan fingerprint density at radius 2 is 2.06 bits per heavy atom. The molecule has 0 spiro atoms. The lowest BCUT2D eigenvalue weighted by Crippen LogP contribution is -2.12. The van der Waals surface area contributed by atoms with E-state index in [1.54, 1.807) is 6.20 Å². The van der Waals surface area contributed by atoms with Crippen molar-refractivity contribution < 1.29 is 4.79 Å². The van der Waals surface area contributed by atoms with Crippen molar-refractivity contribution >= 4 is 17.5 Å². The molecule has 0 radical (unpaired) electrons. The van der Waals surface area contributed by atoms with Crippen LogP contribution in [0, 0.1) is 0 Å². The molecule has 0 aliphatic heterocycles. The van der Waals surface area contributed by atoms with E-state index in [9.17, 15) is 4.79 Å². The normalized spacial score (nSPS) is 9.81. The van der Waals surface area contributed by atoms with Gasteiger partial charge in [-0.2, -0.15) is 0 Å². The number of primary amides is 1. The van der Waals surface area contributed by atoms with Gasteiger partial charge in [-0.05, 0) is 12.8 Å². The molecule has 0 aliphatic carbocycles. The second-order valence-corrected chi connectivity index (χ2v) is 3.28. The summed E-state index contributed by atoms with van der Waals surface area (Å²) in [4.78, 5) is 18.5. The standard InChI is InChI=1S/C9H16N6O/c10-7(16)3-1-2-4-13-8-5-12-6-9(14-8)15-11/h5-6H,1-4,11H2,(H2,10,16)(H2,13,14,15). The molecule has 0 saturated heterocycles. The van der Waals surface area contributed by atoms with Crippen molar-refractivity contribution in [2.45, 2.75) is 19.3 Å². The van der Waals surface area contributed by atoms with E-state index in [2.05, 4.69) is 20.7 Å². The number of nitrogens with zero attached hydrogens (tertiary/aromatic N) is 2. The minimum atomic E-state index is -0.269. The number of carbonyl (C=O) groups excluding carboxylic acids is 1. The van der Waals surface area contributed by atoms with Gasteiger partial charge in [-0.1, -0.05) is 0 Å². The van der Waals surface area contributed by atoms with Crippen LogP contribution in [0.25, 0.3) is 0 Å². The van der Waals surface area contributed by atoms with Gasteiger partial charge in [0.05, 0.1) is 12.4 Å². The maximum Gasteiger partial charge on any atom is 0.217 e. The van der Waals surface area contributed by atoms with Crippen molar-refractivity contribution in [2.24, 2.45) is 11.6 Å². The van der Waals surface area contributed by atoms with Crippen molar-refractivity contribution in [1.82, 2.24) is 9.97 Å². The molecule has 0 bridgehead atoms. The highest BCUT2D eigenvalue weighted by molar-refractivity contribution is 5.73. The molecule has 1 heterocycles. The number of nitrogen functional groups attached to an aromatic ring is 1. The van der Waals surface area contributed by atoms with Crippen LogP contribution in [0.2, 0.25) is 0 Å². The molecule has 7 heteroatoms. The number of carbonyl (C=O) groups is 1. The molecule has 0 fully saturated rings. The molecule has 7 nitrogen and oxygen atoms in total. The fourth-order valence-corrected chi connectivity index (χ4v) is 1.16. The predicted molar refractivity (Wildman–Crippen MR) is 61.4 cm³/mol. The van der Waals surface area contributed by atoms with E-state index in [1.165, 1.54) is 6.20 Å². The predicted octanol–water partition coefficient (Wildman–Crippen LogP) is -0.170. The number of hydrogen-bond donors (Lipinski definition) is 4. The third-order valence-corrected chi connectivity index (χ3v) is 1.94. The number of hydrogen-bond acceptors (Lipinski definition) is 6. The molecule has 6 N–H and O–H groups in total. The van der Waals surface area contributed by atoms with Crippen LogP contribution in [0.5, 0.6) is 0 Å². The smallest absolute Gasteiger partial charge is 0.217 e. The number of anilines is 2. The molecule has 88 valence electrons. The Hall–Kier alpha value is -1.89. The Kier molecular flexibility index (Phi) is 5.00. The molecular weight excluding hydrogens is 208 g/mol. The van der Waals surface area contributed by atoms with E-state index < -0.39 is 0 Å². The van der Waals surface area contributed by atoms with Gasteiger partial charge in [-0.3, -0.25) is 9.78 Å². The lowest BCUT2D eigenvalue weighted by atomic mass is 10.2. The number of aromatic nitrogens is 2. The summed E-state index contributed by atoms with van der Waals surface area (Å²) in [5, 5.41) is 3.07. The highest BCUT2D eigenvalue weighted by Crippen LogP contribution is 2.05. The van der Waals surface area contributed by atoms with Crippen molar-refractivity contribution in [2.75, 3.05) is 17.3 Å². The fourth-order valence-electron chi connectivity index (χ4n) is 1.16. The van der Waals surface area contributed by atoms with Crippen molar-refractivity contribution in [3.8, 4) is 0 Å². The maximum absolute atomic E-state index is 10.5. The van der Waals surface area contributed by atoms with Gasteiger partial charge in [0.1, 0.15) is 5.82 Å². The third kappa shape index (κ3) is 4.56. The first-order valence-electron chi connectivity index (χ1n) is 5.03. The van der Waals surface area contributed by atoms with Gasteiger partial charge in [0.25, 0.3) is 0 Å². The van der Waals surface area contributed by atoms with Gasteiger partial charge in [-0.25, -0.2) is 10.8 Å². The highest BCUT2D eigenvalue weighted by Gasteiger charge is 1.97. The SMILES string of the molecule is NNc1cncc(NCCCCC(N)=O)n1. The fraction of sp³-hybridized carbons (Fsp3) is 0.444. The van der Waals surface area contributed by atoms with Crippen LogP contribution in [0.4, 0.5) is 11.6 Å². The van der Waals surface area contributed by atoms with E-state index in [0.717, 1.165) is 19.4 Å². The Balaban J connectivity index is 2.23. The second-order valence-electron chi connectivity index (χ2n) is 3.28. The van der Waals surface area contributed by atoms with Gasteiger partial charge in [-0.15, -0.1) is 0 Å². The minimum absolute atomic E-state index is 0.269. The topological polar surface area (TPSA) is 119 Å². The number of rotatable bonds is 7. The molecule has 1 aromatic heterocycles. The third-order valence-electron chi connectivity index (χ3n) is 1.94. The number of nitrogens with one attached hydrogen (secondary N) is 2. The molecule has 1 aromatic rings. The van der Waals surface area contributed by atoms with Crippen LogP contribution >= 0.6 is 0 Å². The van der Waals surface area contributed by atoms with Crippen LogP contribution in [0.3, 0.4) is 0 Å². The first kappa shape index (κ1) is 12.2. The number of nitrogens with two attached hydrogens (primary N) is 2. The Labute approximate surface area is 93.6 Å². The average Bonchev–Trinajstić information content (AvgIpc) is 2.28. The molecule has 1 amide bonds. The molecule has 1 rings (SSSR count). The molecule has 0 unspecified atom stereocenters. The summed E-state index contributed by atoms with van der Waals surface area (Å²) in [5.41, 5.74) is 7.43. The van der Waals surface area contributed by atoms with Crippen molar-refractivity contribution in [1.29, 1.82) is 0 Å². The van der Waals surface area contributed by atoms with Crippen LogP contribution in [0.1, 0.15) is 19.3 Å². The first-order valence-corrected chi connectivity index (χ1v) is 5.03. The van der Waals surface area contributed by atoms with Crippen molar-refractivity contribution in [3.63, 3.8) is 0 Å². The lowest BCUT2D eigenvalue weighted by molar-refractivity contribution is -0.118. The zero-order chi connectivity index (χ0) is 11.8. The summed E-state index contributed by atoms with van der Waals surface area (Å²) in [7, 11) is 0. The van der Waals surface area contributed by atoms with Crippen LogP contribution < -0.4 is 22.3 Å². The molecule has 16 heavy (non-hydrogen) atoms. The highest BCUT2D eigenvalue weighted by atomic mass is 16.1. The molecule has 0 aliphatic rings. The monoisotopic (exact) mass is 224 g/mol. The van der Waals surface area contributed by atoms with Gasteiger partial charge < -0.3 is 16.5 Å². The van der Waals surface area contributed by atoms with Gasteiger partial charge in [0.15, 0.2) is 5.82 Å². The zero-order valence-electron chi connectivity index (χ0n) is 8.94. The van der Waals surface area contributed by atoms with E-state index in [-0.39, 0.29) is 5.91 Å². The van der Waals surface area contributed by atoms with E-state index >= 15 is 0 Å². The number of amides is 1. The molecule has 0 saturated carbocycles. The van der Waals surface area contributed by atoms with Gasteiger partial charge in [0.2, 0.25) is 5.91 Å². The van der Waals surface area contributed by atoms with E-state index in [1.807, 2.05) is 0 Å². The Morgan fingerprint density at radius 1 is 1.31 bits per heavy atom. The van der Waals surface area contributed by atoms with Gasteiger partial charge in [0, 0.05) is 13.0 Å². The van der Waals surface area contributed by atoms with E-state index in [0.29, 0.717) is 18.1 Å². The zero-order valence-corrected chi connectivity index (χ0v) is 8.94. The average molecular weight is 224 g/mol. The van der Waals surface area contributed by atoms with Gasteiger partial charge >= 0.3 is 0 Å². The summed E-state index contributed by atoms with van der Waals surface area (Å²) >= 11 is 0. The minimum Gasteiger partial charge on any atom is -0.370 e. The number of hydrazine groups is 1. The molecule has 0 aromatic carbocycles. The Bertz CT molecular complexity index is 343. The van der Waals surface area contributed by atoms with Crippen LogP contribution in [0.15, 0.2) is 12.4 Å². The summed E-state index contributed by atoms with van der Waals surface area (Å²) in [6, 6.07) is 0. The lowest BCUT2D eigenvalue weighted by Gasteiger charge is -2.05. The van der Waals surface area contributed by atoms with E-state index in [4.69, 9.17) is 11.6 Å². The Morgan fingerprint density at radius 3 is 2.75 bits per heavy atom. The number of unbranched alkanes of at least 4 members (excludes halogenated alkanes) is 1. The molecule has 0 atom stereocenters. The molecular formula is C9H16N6O. The first-order chi connectivity index (χ1) is 7.72. The van der Waals surface area contributed by atoms with Crippen LogP contribution in [-0.4, -0.2) is 22.4 Å². The summed E-state index contributed by atoms with van der Waals surface area (Å²) in [6.45, 7) is 0.718. The van der Waals surface area contributed by atoms with Crippen LogP contribution in [-0.2, 0) is 4.79 Å². The van der Waals surface area contributed by atoms with Crippen molar-refractivity contribution in [3.05, 3.63) is 12.4 Å². The summed E-state index contributed by atoms with van der Waals surface area (Å²) in [6.07, 6.45) is 5.17. The maximum atomic E-state index is 10.5. The largest absolute Gasteiger partial charge is 0.370 e. The summed E-state index contributed by atoms with van der Waals surface area (Å²) in [5.74, 6) is 6.08. The summed E-state index contributed by atoms with van der Waals surface area (Å²) < 4.78 is 0. The second kappa shape index (κ2) is 6.57. The quantitative estimate of drug-likeness (QED) is 0.290.